The molecule has 7 nitrogen and oxygen atoms in total. The monoisotopic (exact) mass is 431 g/mol. The molecule has 0 bridgehead atoms. The van der Waals surface area contributed by atoms with Crippen LogP contribution in [-0.4, -0.2) is 36.2 Å². The summed E-state index contributed by atoms with van der Waals surface area (Å²) < 4.78 is 4.69. The average molecular weight is 432 g/mol. The summed E-state index contributed by atoms with van der Waals surface area (Å²) in [6.45, 7) is 4.47. The van der Waals surface area contributed by atoms with E-state index in [1.165, 1.54) is 40.8 Å². The molecule has 1 aliphatic rings. The third-order valence-electron chi connectivity index (χ3n) is 6.92. The number of aryl methyl sites for hydroxylation is 1. The highest BCUT2D eigenvalue weighted by Crippen LogP contribution is 2.24. The summed E-state index contributed by atoms with van der Waals surface area (Å²) in [5.74, 6) is 0.833. The largest absolute Gasteiger partial charge is 0.332 e. The summed E-state index contributed by atoms with van der Waals surface area (Å²) in [7, 11) is 3.22. The fourth-order valence-electron chi connectivity index (χ4n) is 4.96. The Morgan fingerprint density at radius 1 is 0.969 bits per heavy atom. The van der Waals surface area contributed by atoms with Crippen molar-refractivity contribution in [3.8, 4) is 0 Å². The van der Waals surface area contributed by atoms with Crippen LogP contribution in [0.5, 0.6) is 0 Å². The molecule has 7 heteroatoms. The molecule has 4 aromatic rings. The molecule has 0 aliphatic carbocycles. The van der Waals surface area contributed by atoms with Crippen molar-refractivity contribution >= 4 is 21.9 Å². The van der Waals surface area contributed by atoms with Crippen molar-refractivity contribution in [3.63, 3.8) is 0 Å². The van der Waals surface area contributed by atoms with E-state index < -0.39 is 0 Å². The summed E-state index contributed by atoms with van der Waals surface area (Å²) in [5, 5.41) is 2.33. The number of fused-ring (bicyclic) bond motifs is 2. The predicted molar refractivity (Wildman–Crippen MR) is 127 cm³/mol. The van der Waals surface area contributed by atoms with E-state index >= 15 is 0 Å². The first kappa shape index (κ1) is 20.7. The molecular formula is C25H29N5O2. The molecule has 1 fully saturated rings. The quantitative estimate of drug-likeness (QED) is 0.498. The second-order valence-electron chi connectivity index (χ2n) is 8.95. The van der Waals surface area contributed by atoms with E-state index in [2.05, 4.69) is 42.2 Å². The molecular weight excluding hydrogens is 402 g/mol. The summed E-state index contributed by atoms with van der Waals surface area (Å²) >= 11 is 0. The van der Waals surface area contributed by atoms with Crippen LogP contribution in [0.15, 0.2) is 52.1 Å². The van der Waals surface area contributed by atoms with Crippen LogP contribution in [0.4, 0.5) is 0 Å². The van der Waals surface area contributed by atoms with Crippen LogP contribution >= 0.6 is 0 Å². The predicted octanol–water partition coefficient (Wildman–Crippen LogP) is 3.01. The Kier molecular flexibility index (Phi) is 5.21. The number of hydrogen-bond donors (Lipinski definition) is 0. The van der Waals surface area contributed by atoms with Crippen LogP contribution in [0, 0.1) is 0 Å². The number of aromatic nitrogens is 4. The SMILES string of the molecule is C[C@@H]1CCCCN1Cc1nc2c(c(=O)n(C)c(=O)n2C)n1Cc1cccc2ccccc12. The van der Waals surface area contributed by atoms with Gasteiger partial charge in [-0.3, -0.25) is 18.8 Å². The van der Waals surface area contributed by atoms with Crippen molar-refractivity contribution in [1.29, 1.82) is 0 Å². The van der Waals surface area contributed by atoms with E-state index in [4.69, 9.17) is 4.98 Å². The van der Waals surface area contributed by atoms with Crippen molar-refractivity contribution in [1.82, 2.24) is 23.6 Å². The highest BCUT2D eigenvalue weighted by atomic mass is 16.2. The molecule has 32 heavy (non-hydrogen) atoms. The average Bonchev–Trinajstić information content (AvgIpc) is 3.16. The Labute approximate surface area is 186 Å². The highest BCUT2D eigenvalue weighted by molar-refractivity contribution is 5.85. The van der Waals surface area contributed by atoms with Crippen LogP contribution in [-0.2, 0) is 27.2 Å². The zero-order valence-corrected chi connectivity index (χ0v) is 18.9. The van der Waals surface area contributed by atoms with E-state index in [-0.39, 0.29) is 11.2 Å². The zero-order chi connectivity index (χ0) is 22.4. The third-order valence-corrected chi connectivity index (χ3v) is 6.92. The van der Waals surface area contributed by atoms with Gasteiger partial charge in [-0.15, -0.1) is 0 Å². The maximum atomic E-state index is 13.2. The molecule has 1 saturated heterocycles. The Bertz CT molecular complexity index is 1420. The zero-order valence-electron chi connectivity index (χ0n) is 18.9. The van der Waals surface area contributed by atoms with E-state index in [9.17, 15) is 9.59 Å². The summed E-state index contributed by atoms with van der Waals surface area (Å²) in [6.07, 6.45) is 3.59. The number of imidazole rings is 1. The molecule has 166 valence electrons. The molecule has 0 saturated carbocycles. The van der Waals surface area contributed by atoms with Gasteiger partial charge in [0.15, 0.2) is 11.2 Å². The van der Waals surface area contributed by atoms with Gasteiger partial charge in [0.1, 0.15) is 5.82 Å². The van der Waals surface area contributed by atoms with Gasteiger partial charge in [-0.2, -0.15) is 0 Å². The fraction of sp³-hybridized carbons (Fsp3) is 0.400. The van der Waals surface area contributed by atoms with E-state index in [1.807, 2.05) is 16.7 Å². The van der Waals surface area contributed by atoms with Crippen LogP contribution < -0.4 is 11.2 Å². The molecule has 2 aromatic heterocycles. The minimum Gasteiger partial charge on any atom is -0.317 e. The Balaban J connectivity index is 1.71. The topological polar surface area (TPSA) is 65.1 Å². The lowest BCUT2D eigenvalue weighted by molar-refractivity contribution is 0.147. The first-order valence-electron chi connectivity index (χ1n) is 11.3. The Hall–Kier alpha value is -3.19. The van der Waals surface area contributed by atoms with Crippen molar-refractivity contribution in [2.45, 2.75) is 45.3 Å². The van der Waals surface area contributed by atoms with Crippen LogP contribution in [0.2, 0.25) is 0 Å². The Morgan fingerprint density at radius 2 is 1.75 bits per heavy atom. The smallest absolute Gasteiger partial charge is 0.317 e. The lowest BCUT2D eigenvalue weighted by Gasteiger charge is -2.33. The normalized spacial score (nSPS) is 17.4. The third kappa shape index (κ3) is 3.37. The molecule has 2 aromatic carbocycles. The number of piperidine rings is 1. The van der Waals surface area contributed by atoms with Crippen molar-refractivity contribution in [2.75, 3.05) is 6.54 Å². The second-order valence-corrected chi connectivity index (χ2v) is 8.95. The van der Waals surface area contributed by atoms with Gasteiger partial charge in [0.2, 0.25) is 0 Å². The van der Waals surface area contributed by atoms with Crippen molar-refractivity contribution in [2.24, 2.45) is 14.1 Å². The first-order chi connectivity index (χ1) is 15.5. The standard InChI is InChI=1S/C25H29N5O2/c1-17-9-6-7-14-29(17)16-21-26-23-22(24(31)28(3)25(32)27(23)2)30(21)15-19-12-8-11-18-10-4-5-13-20(18)19/h4-5,8,10-13,17H,6-7,9,14-16H2,1-3H3/t17-/m1/s1. The second kappa shape index (κ2) is 8.06. The van der Waals surface area contributed by atoms with Gasteiger partial charge in [-0.05, 0) is 42.6 Å². The summed E-state index contributed by atoms with van der Waals surface area (Å²) in [4.78, 5) is 33.1. The number of benzene rings is 2. The maximum absolute atomic E-state index is 13.2. The number of nitrogens with zero attached hydrogens (tertiary/aromatic N) is 5. The van der Waals surface area contributed by atoms with E-state index in [0.29, 0.717) is 30.3 Å². The van der Waals surface area contributed by atoms with Gasteiger partial charge < -0.3 is 4.57 Å². The molecule has 0 radical (unpaired) electrons. The number of rotatable bonds is 4. The minimum absolute atomic E-state index is 0.297. The summed E-state index contributed by atoms with van der Waals surface area (Å²) in [5.41, 5.74) is 1.43. The van der Waals surface area contributed by atoms with Crippen LogP contribution in [0.25, 0.3) is 21.9 Å². The minimum atomic E-state index is -0.352. The van der Waals surface area contributed by atoms with E-state index in [0.717, 1.165) is 23.3 Å². The van der Waals surface area contributed by atoms with Crippen LogP contribution in [0.1, 0.15) is 37.6 Å². The van der Waals surface area contributed by atoms with Crippen LogP contribution in [0.3, 0.4) is 0 Å². The van der Waals surface area contributed by atoms with Gasteiger partial charge in [0.25, 0.3) is 5.56 Å². The highest BCUT2D eigenvalue weighted by Gasteiger charge is 2.24. The van der Waals surface area contributed by atoms with Gasteiger partial charge in [0.05, 0.1) is 13.1 Å². The van der Waals surface area contributed by atoms with Crippen molar-refractivity contribution < 1.29 is 0 Å². The molecule has 5 rings (SSSR count). The maximum Gasteiger partial charge on any atom is 0.332 e. The van der Waals surface area contributed by atoms with Gasteiger partial charge >= 0.3 is 5.69 Å². The lowest BCUT2D eigenvalue weighted by Crippen LogP contribution is -2.38. The molecule has 0 spiro atoms. The molecule has 0 amide bonds. The molecule has 0 unspecified atom stereocenters. The van der Waals surface area contributed by atoms with Crippen molar-refractivity contribution in [3.05, 3.63) is 74.7 Å². The fourth-order valence-corrected chi connectivity index (χ4v) is 4.96. The van der Waals surface area contributed by atoms with Gasteiger partial charge in [-0.1, -0.05) is 48.9 Å². The van der Waals surface area contributed by atoms with Gasteiger partial charge in [0, 0.05) is 20.1 Å². The molecule has 1 atom stereocenters. The van der Waals surface area contributed by atoms with E-state index in [1.54, 1.807) is 7.05 Å². The summed E-state index contributed by atoms with van der Waals surface area (Å²) in [6, 6.07) is 15.0. The number of likely N-dealkylation sites (tertiary alicyclic amines) is 1. The molecule has 0 N–H and O–H groups in total. The molecule has 1 aliphatic heterocycles. The molecule has 3 heterocycles. The number of hydrogen-bond acceptors (Lipinski definition) is 4. The lowest BCUT2D eigenvalue weighted by atomic mass is 10.0. The first-order valence-corrected chi connectivity index (χ1v) is 11.3. The van der Waals surface area contributed by atoms with Gasteiger partial charge in [-0.25, -0.2) is 9.78 Å². The Morgan fingerprint density at radius 3 is 2.56 bits per heavy atom.